The third-order valence-electron chi connectivity index (χ3n) is 4.89. The minimum absolute atomic E-state index is 0.639. The van der Waals surface area contributed by atoms with Crippen molar-refractivity contribution in [2.45, 2.75) is 90.6 Å². The molecule has 0 aromatic rings. The highest BCUT2D eigenvalue weighted by Gasteiger charge is 2.44. The summed E-state index contributed by atoms with van der Waals surface area (Å²) in [4.78, 5) is 0. The van der Waals surface area contributed by atoms with Gasteiger partial charge in [-0.05, 0) is 49.1 Å². The summed E-state index contributed by atoms with van der Waals surface area (Å²) < 4.78 is 18.1. The van der Waals surface area contributed by atoms with Crippen molar-refractivity contribution in [3.8, 4) is 0 Å². The fraction of sp³-hybridized carbons (Fsp3) is 1.00. The Hall–Kier alpha value is 0.314. The van der Waals surface area contributed by atoms with Crippen LogP contribution in [0.15, 0.2) is 0 Å². The van der Waals surface area contributed by atoms with Crippen molar-refractivity contribution in [2.75, 3.05) is 26.4 Å². The van der Waals surface area contributed by atoms with Crippen molar-refractivity contribution in [3.05, 3.63) is 0 Å². The summed E-state index contributed by atoms with van der Waals surface area (Å²) in [5.41, 5.74) is 1.92. The number of ether oxygens (including phenoxy) is 1. The molecule has 0 atom stereocenters. The van der Waals surface area contributed by atoms with Crippen molar-refractivity contribution in [3.63, 3.8) is 0 Å². The minimum atomic E-state index is -1.73. The van der Waals surface area contributed by atoms with E-state index in [0.717, 1.165) is 32.8 Å². The molecule has 0 bridgehead atoms. The molecule has 0 N–H and O–H groups in total. The van der Waals surface area contributed by atoms with Gasteiger partial charge in [-0.3, -0.25) is 0 Å². The lowest BCUT2D eigenvalue weighted by atomic mass is 10.5. The average Bonchev–Trinajstić information content (AvgIpc) is 2.40. The van der Waals surface area contributed by atoms with E-state index in [0.29, 0.717) is 16.6 Å². The van der Waals surface area contributed by atoms with Crippen molar-refractivity contribution in [2.24, 2.45) is 0 Å². The van der Waals surface area contributed by atoms with E-state index in [1.807, 2.05) is 0 Å². The number of hydrogen-bond donors (Lipinski definition) is 0. The molecule has 0 saturated heterocycles. The molecule has 0 saturated carbocycles. The van der Waals surface area contributed by atoms with Gasteiger partial charge in [-0.2, -0.15) is 0 Å². The smallest absolute Gasteiger partial charge is 0.200 e. The van der Waals surface area contributed by atoms with Gasteiger partial charge >= 0.3 is 0 Å². The fourth-order valence-corrected chi connectivity index (χ4v) is 11.3. The van der Waals surface area contributed by atoms with Gasteiger partial charge in [0.05, 0.1) is 13.2 Å². The van der Waals surface area contributed by atoms with Crippen LogP contribution < -0.4 is 0 Å². The fourth-order valence-electron chi connectivity index (χ4n) is 3.94. The van der Waals surface area contributed by atoms with Gasteiger partial charge in [-0.1, -0.05) is 41.5 Å². The van der Waals surface area contributed by atoms with E-state index in [1.54, 1.807) is 0 Å². The van der Waals surface area contributed by atoms with Crippen LogP contribution in [0.4, 0.5) is 0 Å². The second-order valence-electron chi connectivity index (χ2n) is 8.07. The maximum atomic E-state index is 6.50. The lowest BCUT2D eigenvalue weighted by Gasteiger charge is -2.42. The topological polar surface area (TPSA) is 27.7 Å². The summed E-state index contributed by atoms with van der Waals surface area (Å²) in [5.74, 6) is 0. The first-order chi connectivity index (χ1) is 10.6. The highest BCUT2D eigenvalue weighted by Crippen LogP contribution is 2.42. The van der Waals surface area contributed by atoms with E-state index in [9.17, 15) is 0 Å². The molecule has 0 aromatic heterocycles. The molecule has 140 valence electrons. The Kier molecular flexibility index (Phi) is 11.2. The molecule has 3 nitrogen and oxygen atoms in total. The van der Waals surface area contributed by atoms with E-state index >= 15 is 0 Å². The Bertz CT molecular complexity index is 283. The second kappa shape index (κ2) is 11.0. The molecular formula is C18H42O3Si2. The summed E-state index contributed by atoms with van der Waals surface area (Å²) in [6.07, 6.45) is 1.10. The van der Waals surface area contributed by atoms with Gasteiger partial charge < -0.3 is 13.6 Å². The highest BCUT2D eigenvalue weighted by molar-refractivity contribution is 6.77. The van der Waals surface area contributed by atoms with Crippen LogP contribution in [0.3, 0.4) is 0 Å². The van der Waals surface area contributed by atoms with Crippen molar-refractivity contribution in [1.82, 2.24) is 0 Å². The summed E-state index contributed by atoms with van der Waals surface area (Å²) in [6, 6.07) is 1.17. The Balaban J connectivity index is 4.10. The third-order valence-corrected chi connectivity index (χ3v) is 13.6. The molecule has 0 aliphatic carbocycles. The molecule has 0 aliphatic heterocycles. The van der Waals surface area contributed by atoms with E-state index in [-0.39, 0.29) is 0 Å². The SMILES string of the molecule is CCO[Si](C)(C)CCCOCCO[Si](C(C)C)(C(C)C)C(C)C. The van der Waals surface area contributed by atoms with Crippen LogP contribution >= 0.6 is 0 Å². The molecule has 23 heavy (non-hydrogen) atoms. The van der Waals surface area contributed by atoms with Crippen molar-refractivity contribution in [1.29, 1.82) is 0 Å². The largest absolute Gasteiger partial charge is 0.418 e. The van der Waals surface area contributed by atoms with Crippen LogP contribution in [0, 0.1) is 0 Å². The standard InChI is InChI=1S/C18H42O3Si2/c1-10-20-22(8,9)15-11-12-19-13-14-21-23(16(2)3,17(4)5)18(6)7/h16-18H,10-15H2,1-9H3. The van der Waals surface area contributed by atoms with Crippen LogP contribution in [-0.2, 0) is 13.6 Å². The van der Waals surface area contributed by atoms with E-state index in [4.69, 9.17) is 13.6 Å². The monoisotopic (exact) mass is 362 g/mol. The normalized spacial score (nSPS) is 13.6. The van der Waals surface area contributed by atoms with E-state index in [2.05, 4.69) is 61.6 Å². The molecule has 5 heteroatoms. The number of rotatable bonds is 13. The maximum Gasteiger partial charge on any atom is 0.200 e. The lowest BCUT2D eigenvalue weighted by molar-refractivity contribution is 0.0936. The lowest BCUT2D eigenvalue weighted by Crippen LogP contribution is -2.48. The van der Waals surface area contributed by atoms with Crippen LogP contribution in [0.25, 0.3) is 0 Å². The molecule has 0 amide bonds. The molecular weight excluding hydrogens is 320 g/mol. The minimum Gasteiger partial charge on any atom is -0.418 e. The van der Waals surface area contributed by atoms with Crippen LogP contribution in [0.5, 0.6) is 0 Å². The Morgan fingerprint density at radius 3 is 1.70 bits per heavy atom. The molecule has 0 fully saturated rings. The van der Waals surface area contributed by atoms with Crippen molar-refractivity contribution >= 4 is 16.6 Å². The first-order valence-corrected chi connectivity index (χ1v) is 14.7. The molecule has 0 radical (unpaired) electrons. The van der Waals surface area contributed by atoms with Gasteiger partial charge in [0.15, 0.2) is 16.6 Å². The quantitative estimate of drug-likeness (QED) is 0.305. The Labute approximate surface area is 147 Å². The van der Waals surface area contributed by atoms with Gasteiger partial charge in [-0.25, -0.2) is 0 Å². The highest BCUT2D eigenvalue weighted by atomic mass is 28.4. The van der Waals surface area contributed by atoms with Gasteiger partial charge in [0.25, 0.3) is 0 Å². The van der Waals surface area contributed by atoms with Gasteiger partial charge in [0, 0.05) is 13.2 Å². The molecule has 0 aliphatic rings. The van der Waals surface area contributed by atoms with Crippen LogP contribution in [0.2, 0.25) is 35.8 Å². The predicted molar refractivity (Wildman–Crippen MR) is 106 cm³/mol. The van der Waals surface area contributed by atoms with Gasteiger partial charge in [0.1, 0.15) is 0 Å². The first kappa shape index (κ1) is 23.3. The van der Waals surface area contributed by atoms with E-state index < -0.39 is 16.6 Å². The molecule has 0 aromatic carbocycles. The number of hydrogen-bond acceptors (Lipinski definition) is 3. The summed E-state index contributed by atoms with van der Waals surface area (Å²) in [7, 11) is -3.18. The summed E-state index contributed by atoms with van der Waals surface area (Å²) in [6.45, 7) is 23.7. The molecule has 0 rings (SSSR count). The zero-order valence-electron chi connectivity index (χ0n) is 17.2. The van der Waals surface area contributed by atoms with E-state index in [1.165, 1.54) is 6.04 Å². The van der Waals surface area contributed by atoms with Crippen LogP contribution in [-0.4, -0.2) is 43.1 Å². The predicted octanol–water partition coefficient (Wildman–Crippen LogP) is 5.83. The van der Waals surface area contributed by atoms with Gasteiger partial charge in [-0.15, -0.1) is 0 Å². The molecule has 0 heterocycles. The Morgan fingerprint density at radius 1 is 0.739 bits per heavy atom. The summed E-state index contributed by atoms with van der Waals surface area (Å²) >= 11 is 0. The first-order valence-electron chi connectivity index (χ1n) is 9.45. The average molecular weight is 363 g/mol. The second-order valence-corrected chi connectivity index (χ2v) is 17.8. The summed E-state index contributed by atoms with van der Waals surface area (Å²) in [5, 5.41) is 0. The Morgan fingerprint density at radius 2 is 1.26 bits per heavy atom. The molecule has 0 unspecified atom stereocenters. The van der Waals surface area contributed by atoms with Crippen molar-refractivity contribution < 1.29 is 13.6 Å². The molecule has 0 spiro atoms. The third kappa shape index (κ3) is 7.82. The maximum absolute atomic E-state index is 6.50. The zero-order valence-corrected chi connectivity index (χ0v) is 19.2. The van der Waals surface area contributed by atoms with Gasteiger partial charge in [0.2, 0.25) is 0 Å². The zero-order chi connectivity index (χ0) is 18.1. The van der Waals surface area contributed by atoms with Crippen LogP contribution in [0.1, 0.15) is 54.9 Å².